The van der Waals surface area contributed by atoms with E-state index < -0.39 is 53.6 Å². The van der Waals surface area contributed by atoms with Crippen LogP contribution in [0.1, 0.15) is 66.5 Å². The number of alkyl carbamates (subject to hydrolysis) is 2. The zero-order chi connectivity index (χ0) is 39.5. The molecule has 3 aromatic rings. The van der Waals surface area contributed by atoms with Gasteiger partial charge in [0.2, 0.25) is 11.7 Å². The van der Waals surface area contributed by atoms with Crippen LogP contribution in [0.5, 0.6) is 0 Å². The first-order chi connectivity index (χ1) is 24.8. The number of aromatic nitrogens is 4. The Morgan fingerprint density at radius 1 is 0.830 bits per heavy atom. The number of carbonyl (C=O) groups is 4. The molecule has 0 saturated carbocycles. The van der Waals surface area contributed by atoms with Gasteiger partial charge in [-0.25, -0.2) is 14.6 Å². The van der Waals surface area contributed by atoms with Gasteiger partial charge in [-0.3, -0.25) is 15.0 Å². The molecule has 0 spiro atoms. The normalized spacial score (nSPS) is 14.1. The van der Waals surface area contributed by atoms with Crippen LogP contribution in [-0.4, -0.2) is 99.3 Å². The third-order valence-electron chi connectivity index (χ3n) is 8.35. The summed E-state index contributed by atoms with van der Waals surface area (Å²) < 4.78 is 9.50. The first-order valence-corrected chi connectivity index (χ1v) is 17.5. The molecule has 1 heterocycles. The number of amides is 4. The van der Waals surface area contributed by atoms with Crippen molar-refractivity contribution in [3.8, 4) is 11.4 Å². The second kappa shape index (κ2) is 18.6. The second-order valence-electron chi connectivity index (χ2n) is 15.3. The largest absolute Gasteiger partial charge is 0.453 e. The van der Waals surface area contributed by atoms with Gasteiger partial charge in [0.15, 0.2) is 0 Å². The van der Waals surface area contributed by atoms with Crippen LogP contribution in [0, 0.1) is 11.3 Å². The van der Waals surface area contributed by atoms with Crippen molar-refractivity contribution < 1.29 is 33.8 Å². The molecule has 290 valence electrons. The molecule has 16 heteroatoms. The van der Waals surface area contributed by atoms with Crippen molar-refractivity contribution in [2.75, 3.05) is 20.8 Å². The van der Waals surface area contributed by atoms with Gasteiger partial charge in [-0.1, -0.05) is 89.2 Å². The van der Waals surface area contributed by atoms with E-state index in [9.17, 15) is 24.3 Å². The Labute approximate surface area is 311 Å². The van der Waals surface area contributed by atoms with Gasteiger partial charge in [-0.15, -0.1) is 10.2 Å². The standard InChI is InChI=1S/C37H55N9O7/c1-23(2)29(39-34(50)52-9)32(48)38-27(20-24-14-12-11-13-15-24)28(47)22-45(43-33(49)30(36(3,4)5)40-35(51)53-10)21-25-16-18-26(19-17-25)31-41-44-46(42-31)37(6,7)8/h11-19,23,27-30,47H,20-22H2,1-10H3,(H,38,48)(H,39,50)(H,40,51)(H,43,49)/t27-,28-,29-,30+/m0/s1. The number of hydrazine groups is 1. The summed E-state index contributed by atoms with van der Waals surface area (Å²) >= 11 is 0. The molecule has 1 aromatic heterocycles. The van der Waals surface area contributed by atoms with E-state index in [2.05, 4.69) is 36.8 Å². The second-order valence-corrected chi connectivity index (χ2v) is 15.3. The molecule has 16 nitrogen and oxygen atoms in total. The van der Waals surface area contributed by atoms with E-state index >= 15 is 0 Å². The Kier molecular flexibility index (Phi) is 14.9. The number of nitrogens with one attached hydrogen (secondary N) is 4. The number of nitrogens with zero attached hydrogens (tertiary/aromatic N) is 5. The SMILES string of the molecule is COC(=O)N[C@H](C(=O)N[C@@H](Cc1ccccc1)[C@@H](O)CN(Cc1ccc(-c2nnn(C(C)(C)C)n2)cc1)NC(=O)[C@@H](NC(=O)OC)C(C)(C)C)C(C)C. The molecule has 4 atom stereocenters. The lowest BCUT2D eigenvalue weighted by Crippen LogP contribution is -2.60. The number of hydrogen-bond donors (Lipinski definition) is 5. The Balaban J connectivity index is 1.95. The number of aliphatic hydroxyl groups excluding tert-OH is 1. The molecule has 0 saturated heterocycles. The van der Waals surface area contributed by atoms with E-state index in [4.69, 9.17) is 9.47 Å². The summed E-state index contributed by atoms with van der Waals surface area (Å²) in [7, 11) is 2.42. The minimum Gasteiger partial charge on any atom is -0.453 e. The highest BCUT2D eigenvalue weighted by Crippen LogP contribution is 2.21. The van der Waals surface area contributed by atoms with Gasteiger partial charge in [-0.05, 0) is 54.9 Å². The van der Waals surface area contributed by atoms with Crippen LogP contribution in [-0.2, 0) is 37.6 Å². The number of methoxy groups -OCH3 is 2. The first kappa shape index (κ1) is 42.3. The van der Waals surface area contributed by atoms with Crippen LogP contribution < -0.4 is 21.4 Å². The van der Waals surface area contributed by atoms with Gasteiger partial charge in [0.1, 0.15) is 12.1 Å². The van der Waals surface area contributed by atoms with Crippen LogP contribution in [0.25, 0.3) is 11.4 Å². The third-order valence-corrected chi connectivity index (χ3v) is 8.35. The quantitative estimate of drug-likeness (QED) is 0.144. The fourth-order valence-electron chi connectivity index (χ4n) is 5.31. The molecule has 3 rings (SSSR count). The molecule has 0 aliphatic carbocycles. The predicted molar refractivity (Wildman–Crippen MR) is 198 cm³/mol. The summed E-state index contributed by atoms with van der Waals surface area (Å²) in [5.74, 6) is -0.897. The zero-order valence-electron chi connectivity index (χ0n) is 32.3. The number of aliphatic hydroxyl groups is 1. The highest BCUT2D eigenvalue weighted by atomic mass is 16.5. The summed E-state index contributed by atoms with van der Waals surface area (Å²) in [6.45, 7) is 14.9. The summed E-state index contributed by atoms with van der Waals surface area (Å²) in [6.07, 6.45) is -2.53. The Bertz CT molecular complexity index is 1650. The Hall–Kier alpha value is -5.09. The van der Waals surface area contributed by atoms with E-state index in [-0.39, 0.29) is 31.0 Å². The highest BCUT2D eigenvalue weighted by molar-refractivity contribution is 5.86. The van der Waals surface area contributed by atoms with Crippen molar-refractivity contribution in [3.05, 3.63) is 65.7 Å². The topological polar surface area (TPSA) is 202 Å². The van der Waals surface area contributed by atoms with Crippen LogP contribution in [0.3, 0.4) is 0 Å². The molecule has 0 aliphatic heterocycles. The lowest BCUT2D eigenvalue weighted by Gasteiger charge is -2.35. The zero-order valence-corrected chi connectivity index (χ0v) is 32.3. The predicted octanol–water partition coefficient (Wildman–Crippen LogP) is 3.17. The molecular weight excluding hydrogens is 682 g/mol. The summed E-state index contributed by atoms with van der Waals surface area (Å²) in [5, 5.41) is 34.3. The highest BCUT2D eigenvalue weighted by Gasteiger charge is 2.35. The van der Waals surface area contributed by atoms with Crippen molar-refractivity contribution in [2.24, 2.45) is 11.3 Å². The van der Waals surface area contributed by atoms with E-state index in [1.54, 1.807) is 39.4 Å². The number of ether oxygens (including phenoxy) is 2. The maximum absolute atomic E-state index is 13.8. The molecule has 0 aliphatic rings. The van der Waals surface area contributed by atoms with Gasteiger partial charge in [0.05, 0.1) is 31.9 Å². The molecular formula is C37H55N9O7. The molecule has 4 amide bonds. The fraction of sp³-hybridized carbons (Fsp3) is 0.541. The molecule has 0 radical (unpaired) electrons. The van der Waals surface area contributed by atoms with Crippen molar-refractivity contribution in [3.63, 3.8) is 0 Å². The number of rotatable bonds is 15. The number of benzene rings is 2. The lowest BCUT2D eigenvalue weighted by molar-refractivity contribution is -0.132. The van der Waals surface area contributed by atoms with Crippen molar-refractivity contribution in [1.29, 1.82) is 0 Å². The molecule has 0 unspecified atom stereocenters. The van der Waals surface area contributed by atoms with Crippen LogP contribution in [0.2, 0.25) is 0 Å². The summed E-state index contributed by atoms with van der Waals surface area (Å²) in [5.41, 5.74) is 4.17. The number of carbonyl (C=O) groups excluding carboxylic acids is 4. The monoisotopic (exact) mass is 737 g/mol. The number of hydrogen-bond acceptors (Lipinski definition) is 11. The minimum absolute atomic E-state index is 0.130. The van der Waals surface area contributed by atoms with Crippen LogP contribution in [0.15, 0.2) is 54.6 Å². The van der Waals surface area contributed by atoms with Crippen LogP contribution in [0.4, 0.5) is 9.59 Å². The Morgan fingerprint density at radius 3 is 1.96 bits per heavy atom. The molecule has 5 N–H and O–H groups in total. The van der Waals surface area contributed by atoms with E-state index in [1.807, 2.05) is 75.4 Å². The summed E-state index contributed by atoms with van der Waals surface area (Å²) in [6, 6.07) is 13.9. The molecule has 0 bridgehead atoms. The van der Waals surface area contributed by atoms with Gasteiger partial charge in [-0.2, -0.15) is 4.80 Å². The number of tetrazole rings is 1. The van der Waals surface area contributed by atoms with Gasteiger partial charge >= 0.3 is 12.2 Å². The third kappa shape index (κ3) is 12.8. The minimum atomic E-state index is -1.23. The van der Waals surface area contributed by atoms with E-state index in [1.165, 1.54) is 19.2 Å². The van der Waals surface area contributed by atoms with Crippen LogP contribution >= 0.6 is 0 Å². The van der Waals surface area contributed by atoms with E-state index in [0.29, 0.717) is 5.82 Å². The average Bonchev–Trinajstić information content (AvgIpc) is 3.60. The molecule has 53 heavy (non-hydrogen) atoms. The van der Waals surface area contributed by atoms with E-state index in [0.717, 1.165) is 16.7 Å². The van der Waals surface area contributed by atoms with Gasteiger partial charge < -0.3 is 30.5 Å². The van der Waals surface area contributed by atoms with Crippen molar-refractivity contribution in [1.82, 2.24) is 46.6 Å². The van der Waals surface area contributed by atoms with Gasteiger partial charge in [0, 0.05) is 18.7 Å². The average molecular weight is 738 g/mol. The van der Waals surface area contributed by atoms with Crippen molar-refractivity contribution in [2.45, 2.75) is 98.1 Å². The molecule has 0 fully saturated rings. The lowest BCUT2D eigenvalue weighted by atomic mass is 9.86. The smallest absolute Gasteiger partial charge is 0.407 e. The fourth-order valence-corrected chi connectivity index (χ4v) is 5.31. The maximum atomic E-state index is 13.8. The first-order valence-electron chi connectivity index (χ1n) is 17.5. The molecule has 2 aromatic carbocycles. The van der Waals surface area contributed by atoms with Gasteiger partial charge in [0.25, 0.3) is 5.91 Å². The summed E-state index contributed by atoms with van der Waals surface area (Å²) in [4.78, 5) is 53.3. The maximum Gasteiger partial charge on any atom is 0.407 e. The van der Waals surface area contributed by atoms with Crippen molar-refractivity contribution >= 4 is 24.0 Å². The Morgan fingerprint density at radius 2 is 1.43 bits per heavy atom.